The molecule has 9 nitrogen and oxygen atoms in total. The van der Waals surface area contributed by atoms with Crippen LogP contribution in [0.5, 0.6) is 0 Å². The van der Waals surface area contributed by atoms with Crippen LogP contribution in [0.25, 0.3) is 27.6 Å². The van der Waals surface area contributed by atoms with E-state index in [4.69, 9.17) is 14.8 Å². The number of urea groups is 1. The van der Waals surface area contributed by atoms with Gasteiger partial charge in [0.05, 0.1) is 42.2 Å². The molecule has 0 aliphatic carbocycles. The van der Waals surface area contributed by atoms with E-state index in [1.807, 2.05) is 61.7 Å². The summed E-state index contributed by atoms with van der Waals surface area (Å²) in [7, 11) is 0. The summed E-state index contributed by atoms with van der Waals surface area (Å²) in [4.78, 5) is 24.8. The van der Waals surface area contributed by atoms with Crippen molar-refractivity contribution in [1.29, 1.82) is 0 Å². The summed E-state index contributed by atoms with van der Waals surface area (Å²) >= 11 is 0. The fourth-order valence-electron chi connectivity index (χ4n) is 5.15. The van der Waals surface area contributed by atoms with Crippen LogP contribution >= 0.6 is 0 Å². The lowest BCUT2D eigenvalue weighted by molar-refractivity contribution is 0.0336. The number of fused-ring (bicyclic) bond motifs is 1. The number of ether oxygens (including phenoxy) is 1. The number of amides is 2. The second kappa shape index (κ2) is 12.1. The quantitative estimate of drug-likeness (QED) is 0.239. The van der Waals surface area contributed by atoms with Gasteiger partial charge in [-0.2, -0.15) is 5.10 Å². The molecule has 9 heteroatoms. The van der Waals surface area contributed by atoms with Gasteiger partial charge in [0.25, 0.3) is 0 Å². The molecule has 214 valence electrons. The van der Waals surface area contributed by atoms with Gasteiger partial charge >= 0.3 is 6.03 Å². The Kier molecular flexibility index (Phi) is 7.94. The van der Waals surface area contributed by atoms with Crippen molar-refractivity contribution in [1.82, 2.24) is 24.6 Å². The lowest BCUT2D eigenvalue weighted by atomic mass is 9.98. The molecule has 0 spiro atoms. The van der Waals surface area contributed by atoms with Gasteiger partial charge in [-0.25, -0.2) is 9.48 Å². The molecule has 4 heterocycles. The first kappa shape index (κ1) is 27.6. The molecule has 3 aromatic heterocycles. The zero-order chi connectivity index (χ0) is 29.1. The molecule has 1 aliphatic heterocycles. The van der Waals surface area contributed by atoms with Crippen LogP contribution in [-0.4, -0.2) is 57.0 Å². The summed E-state index contributed by atoms with van der Waals surface area (Å²) in [6.07, 6.45) is 3.69. The predicted molar refractivity (Wildman–Crippen MR) is 166 cm³/mol. The third-order valence-electron chi connectivity index (χ3n) is 7.50. The van der Waals surface area contributed by atoms with Crippen LogP contribution in [0.1, 0.15) is 36.8 Å². The highest BCUT2D eigenvalue weighted by molar-refractivity contribution is 6.09. The molecule has 6 rings (SSSR count). The van der Waals surface area contributed by atoms with Gasteiger partial charge in [-0.3, -0.25) is 20.2 Å². The number of hydrogen-bond donors (Lipinski definition) is 2. The number of hydrogen-bond acceptors (Lipinski definition) is 6. The molecule has 1 saturated heterocycles. The molecular weight excluding hydrogens is 526 g/mol. The van der Waals surface area contributed by atoms with Crippen molar-refractivity contribution in [2.24, 2.45) is 0 Å². The predicted octanol–water partition coefficient (Wildman–Crippen LogP) is 6.39. The monoisotopic (exact) mass is 561 g/mol. The molecule has 5 aromatic rings. The summed E-state index contributed by atoms with van der Waals surface area (Å²) < 4.78 is 7.18. The van der Waals surface area contributed by atoms with Crippen LogP contribution in [0.2, 0.25) is 0 Å². The van der Waals surface area contributed by atoms with Gasteiger partial charge in [0, 0.05) is 48.5 Å². The van der Waals surface area contributed by atoms with Crippen molar-refractivity contribution in [3.05, 3.63) is 96.2 Å². The summed E-state index contributed by atoms with van der Waals surface area (Å²) in [6, 6.07) is 21.7. The highest BCUT2D eigenvalue weighted by Crippen LogP contribution is 2.33. The molecule has 0 saturated carbocycles. The number of nitrogens with one attached hydrogen (secondary N) is 2. The topological polar surface area (TPSA) is 97.2 Å². The number of nitrogens with zero attached hydrogens (tertiary/aromatic N) is 5. The molecule has 0 unspecified atom stereocenters. The van der Waals surface area contributed by atoms with E-state index in [1.165, 1.54) is 0 Å². The van der Waals surface area contributed by atoms with Crippen molar-refractivity contribution in [3.63, 3.8) is 0 Å². The van der Waals surface area contributed by atoms with Crippen LogP contribution in [-0.2, 0) is 11.3 Å². The van der Waals surface area contributed by atoms with Crippen molar-refractivity contribution < 1.29 is 9.53 Å². The van der Waals surface area contributed by atoms with E-state index in [9.17, 15) is 4.79 Å². The summed E-state index contributed by atoms with van der Waals surface area (Å²) in [6.45, 7) is 10.3. The summed E-state index contributed by atoms with van der Waals surface area (Å²) in [5.41, 5.74) is 6.43. The van der Waals surface area contributed by atoms with Gasteiger partial charge in [-0.05, 0) is 48.1 Å². The Bertz CT molecular complexity index is 1690. The minimum atomic E-state index is -0.349. The highest BCUT2D eigenvalue weighted by Gasteiger charge is 2.17. The number of carbonyl (C=O) groups is 1. The molecule has 1 aliphatic rings. The zero-order valence-corrected chi connectivity index (χ0v) is 24.2. The maximum absolute atomic E-state index is 13.3. The van der Waals surface area contributed by atoms with E-state index >= 15 is 0 Å². The molecule has 0 bridgehead atoms. The number of carbonyl (C=O) groups excluding carboxylic acids is 1. The second-order valence-electron chi connectivity index (χ2n) is 10.9. The van der Waals surface area contributed by atoms with Gasteiger partial charge in [0.15, 0.2) is 0 Å². The van der Waals surface area contributed by atoms with Gasteiger partial charge in [0.1, 0.15) is 5.82 Å². The van der Waals surface area contributed by atoms with Crippen LogP contribution in [0.3, 0.4) is 0 Å². The van der Waals surface area contributed by atoms with Crippen LogP contribution in [0.4, 0.5) is 16.3 Å². The first-order valence-corrected chi connectivity index (χ1v) is 14.3. The Morgan fingerprint density at radius 2 is 1.74 bits per heavy atom. The number of benzene rings is 2. The zero-order valence-electron chi connectivity index (χ0n) is 24.2. The van der Waals surface area contributed by atoms with Crippen LogP contribution in [0, 0.1) is 6.92 Å². The number of morpholine rings is 1. The second-order valence-corrected chi connectivity index (χ2v) is 10.9. The fourth-order valence-corrected chi connectivity index (χ4v) is 5.15. The van der Waals surface area contributed by atoms with Gasteiger partial charge < -0.3 is 10.1 Å². The van der Waals surface area contributed by atoms with Crippen LogP contribution in [0.15, 0.2) is 79.1 Å². The number of aromatic nitrogens is 4. The number of anilines is 2. The smallest absolute Gasteiger partial charge is 0.324 e. The van der Waals surface area contributed by atoms with Crippen molar-refractivity contribution in [2.75, 3.05) is 36.9 Å². The Hall–Kier alpha value is -4.60. The van der Waals surface area contributed by atoms with E-state index in [2.05, 4.69) is 52.6 Å². The maximum Gasteiger partial charge on any atom is 0.324 e. The van der Waals surface area contributed by atoms with Gasteiger partial charge in [-0.1, -0.05) is 50.2 Å². The third kappa shape index (κ3) is 6.02. The molecule has 0 atom stereocenters. The fraction of sp³-hybridized carbons (Fsp3) is 0.273. The molecule has 42 heavy (non-hydrogen) atoms. The molecule has 0 radical (unpaired) electrons. The van der Waals surface area contributed by atoms with Gasteiger partial charge in [-0.15, -0.1) is 0 Å². The largest absolute Gasteiger partial charge is 0.379 e. The molecule has 1 fully saturated rings. The average Bonchev–Trinajstić information content (AvgIpc) is 3.43. The average molecular weight is 562 g/mol. The minimum Gasteiger partial charge on any atom is -0.379 e. The molecular formula is C33H35N7O2. The van der Waals surface area contributed by atoms with E-state index in [-0.39, 0.29) is 11.9 Å². The lowest BCUT2D eigenvalue weighted by Gasteiger charge is -2.26. The van der Waals surface area contributed by atoms with Crippen LogP contribution < -0.4 is 10.6 Å². The first-order valence-electron chi connectivity index (χ1n) is 14.3. The van der Waals surface area contributed by atoms with Crippen molar-refractivity contribution in [2.45, 2.75) is 33.2 Å². The summed E-state index contributed by atoms with van der Waals surface area (Å²) in [5, 5.41) is 12.8. The van der Waals surface area contributed by atoms with E-state index in [0.717, 1.165) is 83.2 Å². The standard InChI is InChI=1S/C33H35N7O2/c1-22(2)31-18-32(40(38-31)26-11-8-23(3)34-20-26)37-33(41)36-30-13-12-27(28-6-4-5-7-29(28)30)24-9-10-25(35-19-24)21-39-14-16-42-17-15-39/h4-13,18-20,22H,14-17,21H2,1-3H3,(H2,36,37,41). The van der Waals surface area contributed by atoms with E-state index in [1.54, 1.807) is 10.9 Å². The Balaban J connectivity index is 1.23. The van der Waals surface area contributed by atoms with Gasteiger partial charge in [0.2, 0.25) is 0 Å². The highest BCUT2D eigenvalue weighted by atomic mass is 16.5. The number of pyridine rings is 2. The first-order chi connectivity index (χ1) is 20.4. The SMILES string of the molecule is Cc1ccc(-n2nc(C(C)C)cc2NC(=O)Nc2ccc(-c3ccc(CN4CCOCC4)nc3)c3ccccc23)cn1. The Morgan fingerprint density at radius 3 is 2.45 bits per heavy atom. The van der Waals surface area contributed by atoms with E-state index < -0.39 is 0 Å². The number of aryl methyl sites for hydroxylation is 1. The normalized spacial score (nSPS) is 13.9. The maximum atomic E-state index is 13.3. The molecule has 2 amide bonds. The molecule has 2 aromatic carbocycles. The minimum absolute atomic E-state index is 0.202. The Labute approximate surface area is 245 Å². The Morgan fingerprint density at radius 1 is 0.929 bits per heavy atom. The summed E-state index contributed by atoms with van der Waals surface area (Å²) in [5.74, 6) is 0.777. The van der Waals surface area contributed by atoms with Crippen molar-refractivity contribution in [3.8, 4) is 16.8 Å². The van der Waals surface area contributed by atoms with E-state index in [0.29, 0.717) is 5.82 Å². The lowest BCUT2D eigenvalue weighted by Crippen LogP contribution is -2.35. The number of rotatable bonds is 7. The third-order valence-corrected chi connectivity index (χ3v) is 7.50. The molecule has 2 N–H and O–H groups in total. The van der Waals surface area contributed by atoms with Crippen molar-refractivity contribution >= 4 is 28.3 Å².